The molecule has 2 N–H and O–H groups in total. The Morgan fingerprint density at radius 1 is 1.26 bits per heavy atom. The van der Waals surface area contributed by atoms with Crippen LogP contribution in [0.4, 0.5) is 4.79 Å². The van der Waals surface area contributed by atoms with Crippen LogP contribution < -0.4 is 10.6 Å². The van der Waals surface area contributed by atoms with Crippen molar-refractivity contribution in [2.24, 2.45) is 0 Å². The molecule has 0 radical (unpaired) electrons. The van der Waals surface area contributed by atoms with Crippen molar-refractivity contribution in [1.82, 2.24) is 10.6 Å². The normalized spacial score (nSPS) is 17.7. The highest BCUT2D eigenvalue weighted by molar-refractivity contribution is 5.69. The number of nitrogens with one attached hydrogen (secondary N) is 2. The van der Waals surface area contributed by atoms with E-state index >= 15 is 0 Å². The number of rotatable bonds is 7. The molecule has 0 aromatic rings. The lowest BCUT2D eigenvalue weighted by Gasteiger charge is -2.42. The minimum absolute atomic E-state index is 0.0749. The van der Waals surface area contributed by atoms with E-state index in [-0.39, 0.29) is 11.6 Å². The predicted molar refractivity (Wildman–Crippen MR) is 78.3 cm³/mol. The van der Waals surface area contributed by atoms with Crippen LogP contribution in [0.15, 0.2) is 0 Å². The summed E-state index contributed by atoms with van der Waals surface area (Å²) in [6.45, 7) is 9.77. The number of hydrogen-bond donors (Lipinski definition) is 2. The molecule has 0 atom stereocenters. The van der Waals surface area contributed by atoms with Gasteiger partial charge in [0.2, 0.25) is 0 Å². The number of ether oxygens (including phenoxy) is 1. The molecule has 1 aliphatic rings. The SMILES string of the molecule is CCCCCNCC1(NC(=O)OC(C)(C)C)CCC1. The monoisotopic (exact) mass is 270 g/mol. The predicted octanol–water partition coefficient (Wildman–Crippen LogP) is 3.21. The van der Waals surface area contributed by atoms with Crippen molar-refractivity contribution in [3.05, 3.63) is 0 Å². The van der Waals surface area contributed by atoms with Gasteiger partial charge in [0.15, 0.2) is 0 Å². The van der Waals surface area contributed by atoms with Gasteiger partial charge in [0.05, 0.1) is 5.54 Å². The fourth-order valence-corrected chi connectivity index (χ4v) is 2.30. The van der Waals surface area contributed by atoms with Crippen molar-refractivity contribution in [3.8, 4) is 0 Å². The van der Waals surface area contributed by atoms with Crippen molar-refractivity contribution >= 4 is 6.09 Å². The molecule has 1 aliphatic carbocycles. The zero-order chi connectivity index (χ0) is 14.4. The van der Waals surface area contributed by atoms with E-state index in [2.05, 4.69) is 17.6 Å². The van der Waals surface area contributed by atoms with E-state index in [0.29, 0.717) is 0 Å². The molecule has 0 bridgehead atoms. The summed E-state index contributed by atoms with van der Waals surface area (Å²) in [7, 11) is 0. The molecule has 0 spiro atoms. The Bertz CT molecular complexity index is 280. The first-order valence-corrected chi connectivity index (χ1v) is 7.59. The van der Waals surface area contributed by atoms with Gasteiger partial charge in [-0.1, -0.05) is 19.8 Å². The van der Waals surface area contributed by atoms with Gasteiger partial charge in [-0.3, -0.25) is 0 Å². The highest BCUT2D eigenvalue weighted by Gasteiger charge is 2.39. The number of carbonyl (C=O) groups excluding carboxylic acids is 1. The molecule has 1 rings (SSSR count). The molecule has 0 aromatic carbocycles. The molecule has 4 heteroatoms. The zero-order valence-electron chi connectivity index (χ0n) is 13.0. The maximum Gasteiger partial charge on any atom is 0.408 e. The number of unbranched alkanes of at least 4 members (excludes halogenated alkanes) is 2. The average molecular weight is 270 g/mol. The highest BCUT2D eigenvalue weighted by Crippen LogP contribution is 2.31. The second-order valence-corrected chi connectivity index (χ2v) is 6.64. The van der Waals surface area contributed by atoms with Crippen LogP contribution in [0.1, 0.15) is 66.2 Å². The van der Waals surface area contributed by atoms with Crippen molar-refractivity contribution in [3.63, 3.8) is 0 Å². The van der Waals surface area contributed by atoms with Crippen molar-refractivity contribution in [2.45, 2.75) is 77.4 Å². The summed E-state index contributed by atoms with van der Waals surface area (Å²) in [5.41, 5.74) is -0.502. The van der Waals surface area contributed by atoms with Crippen molar-refractivity contribution in [2.75, 3.05) is 13.1 Å². The first-order chi connectivity index (χ1) is 8.87. The second-order valence-electron chi connectivity index (χ2n) is 6.64. The van der Waals surface area contributed by atoms with E-state index in [1.165, 1.54) is 25.7 Å². The van der Waals surface area contributed by atoms with Crippen LogP contribution in [-0.4, -0.2) is 30.3 Å². The van der Waals surface area contributed by atoms with E-state index in [0.717, 1.165) is 25.9 Å². The van der Waals surface area contributed by atoms with Crippen LogP contribution in [-0.2, 0) is 4.74 Å². The largest absolute Gasteiger partial charge is 0.444 e. The fourth-order valence-electron chi connectivity index (χ4n) is 2.30. The topological polar surface area (TPSA) is 50.4 Å². The van der Waals surface area contributed by atoms with Gasteiger partial charge in [0.25, 0.3) is 0 Å². The Morgan fingerprint density at radius 3 is 2.42 bits per heavy atom. The second kappa shape index (κ2) is 7.13. The summed E-state index contributed by atoms with van der Waals surface area (Å²) in [4.78, 5) is 11.8. The Kier molecular flexibility index (Phi) is 6.11. The van der Waals surface area contributed by atoms with Crippen LogP contribution >= 0.6 is 0 Å². The lowest BCUT2D eigenvalue weighted by molar-refractivity contribution is 0.0383. The maximum atomic E-state index is 11.8. The third kappa shape index (κ3) is 6.28. The Balaban J connectivity index is 2.28. The van der Waals surface area contributed by atoms with Crippen LogP contribution in [0.2, 0.25) is 0 Å². The zero-order valence-corrected chi connectivity index (χ0v) is 13.0. The highest BCUT2D eigenvalue weighted by atomic mass is 16.6. The molecule has 1 amide bonds. The lowest BCUT2D eigenvalue weighted by Crippen LogP contribution is -2.59. The number of alkyl carbamates (subject to hydrolysis) is 1. The van der Waals surface area contributed by atoms with Gasteiger partial charge in [-0.25, -0.2) is 4.79 Å². The summed E-state index contributed by atoms with van der Waals surface area (Å²) in [5.74, 6) is 0. The van der Waals surface area contributed by atoms with Gasteiger partial charge in [-0.15, -0.1) is 0 Å². The van der Waals surface area contributed by atoms with E-state index < -0.39 is 5.60 Å². The average Bonchev–Trinajstić information content (AvgIpc) is 2.22. The van der Waals surface area contributed by atoms with Crippen LogP contribution in [0, 0.1) is 0 Å². The van der Waals surface area contributed by atoms with E-state index in [1.807, 2.05) is 20.8 Å². The molecule has 112 valence electrons. The number of hydrogen-bond acceptors (Lipinski definition) is 3. The van der Waals surface area contributed by atoms with E-state index in [1.54, 1.807) is 0 Å². The molecule has 19 heavy (non-hydrogen) atoms. The molecule has 0 unspecified atom stereocenters. The lowest BCUT2D eigenvalue weighted by atomic mass is 9.76. The third-order valence-corrected chi connectivity index (χ3v) is 3.50. The first kappa shape index (κ1) is 16.3. The summed E-state index contributed by atoms with van der Waals surface area (Å²) in [5, 5.41) is 6.51. The van der Waals surface area contributed by atoms with Gasteiger partial charge >= 0.3 is 6.09 Å². The van der Waals surface area contributed by atoms with Crippen molar-refractivity contribution < 1.29 is 9.53 Å². The third-order valence-electron chi connectivity index (χ3n) is 3.50. The first-order valence-electron chi connectivity index (χ1n) is 7.59. The minimum atomic E-state index is -0.427. The molecule has 1 fully saturated rings. The minimum Gasteiger partial charge on any atom is -0.444 e. The van der Waals surface area contributed by atoms with Gasteiger partial charge in [0, 0.05) is 6.54 Å². The molecular weight excluding hydrogens is 240 g/mol. The summed E-state index contributed by atoms with van der Waals surface area (Å²) in [6.07, 6.45) is 6.70. The summed E-state index contributed by atoms with van der Waals surface area (Å²) >= 11 is 0. The number of carbonyl (C=O) groups is 1. The van der Waals surface area contributed by atoms with Gasteiger partial charge < -0.3 is 15.4 Å². The van der Waals surface area contributed by atoms with Crippen molar-refractivity contribution in [1.29, 1.82) is 0 Å². The molecule has 4 nitrogen and oxygen atoms in total. The molecule has 0 heterocycles. The molecule has 0 saturated heterocycles. The molecular formula is C15H30N2O2. The fraction of sp³-hybridized carbons (Fsp3) is 0.933. The van der Waals surface area contributed by atoms with E-state index in [9.17, 15) is 4.79 Å². The Hall–Kier alpha value is -0.770. The smallest absolute Gasteiger partial charge is 0.408 e. The summed E-state index contributed by atoms with van der Waals surface area (Å²) in [6, 6.07) is 0. The Morgan fingerprint density at radius 2 is 1.95 bits per heavy atom. The van der Waals surface area contributed by atoms with Gasteiger partial charge in [-0.2, -0.15) is 0 Å². The Labute approximate surface area is 117 Å². The molecule has 1 saturated carbocycles. The quantitative estimate of drug-likeness (QED) is 0.698. The molecule has 0 aliphatic heterocycles. The maximum absolute atomic E-state index is 11.8. The molecule has 0 aromatic heterocycles. The van der Waals surface area contributed by atoms with Crippen LogP contribution in [0.25, 0.3) is 0 Å². The van der Waals surface area contributed by atoms with Crippen LogP contribution in [0.5, 0.6) is 0 Å². The van der Waals surface area contributed by atoms with Crippen LogP contribution in [0.3, 0.4) is 0 Å². The van der Waals surface area contributed by atoms with E-state index in [4.69, 9.17) is 4.74 Å². The standard InChI is InChI=1S/C15H30N2O2/c1-5-6-7-11-16-12-15(9-8-10-15)17-13(18)19-14(2,3)4/h16H,5-12H2,1-4H3,(H,17,18). The van der Waals surface area contributed by atoms with Gasteiger partial charge in [-0.05, 0) is 53.0 Å². The number of amides is 1. The van der Waals surface area contributed by atoms with Gasteiger partial charge in [0.1, 0.15) is 5.60 Å². The summed E-state index contributed by atoms with van der Waals surface area (Å²) < 4.78 is 5.34.